The fourth-order valence-corrected chi connectivity index (χ4v) is 2.96. The number of fused-ring (bicyclic) bond motifs is 3. The lowest BCUT2D eigenvalue weighted by molar-refractivity contribution is -0.116. The molecule has 1 heterocycles. The Labute approximate surface area is 119 Å². The number of allylic oxidation sites excluding steroid dienone is 1. The summed E-state index contributed by atoms with van der Waals surface area (Å²) in [6, 6.07) is 6.43. The number of aromatic amines is 1. The highest BCUT2D eigenvalue weighted by atomic mass is 16.1. The molecule has 2 N–H and O–H groups in total. The van der Waals surface area contributed by atoms with Crippen LogP contribution in [0.4, 0.5) is 0 Å². The van der Waals surface area contributed by atoms with Crippen LogP contribution in [0.5, 0.6) is 0 Å². The second kappa shape index (κ2) is 5.53. The summed E-state index contributed by atoms with van der Waals surface area (Å²) in [5.41, 5.74) is 5.26. The van der Waals surface area contributed by atoms with Gasteiger partial charge in [0, 0.05) is 23.1 Å². The maximum atomic E-state index is 11.5. The number of amides is 1. The summed E-state index contributed by atoms with van der Waals surface area (Å²) in [5, 5.41) is 4.23. The molecular weight excluding hydrogens is 248 g/mol. The van der Waals surface area contributed by atoms with Crippen molar-refractivity contribution < 1.29 is 4.79 Å². The van der Waals surface area contributed by atoms with Gasteiger partial charge in [0.2, 0.25) is 5.91 Å². The molecule has 0 unspecified atom stereocenters. The maximum absolute atomic E-state index is 11.5. The van der Waals surface area contributed by atoms with Crippen molar-refractivity contribution in [1.29, 1.82) is 0 Å². The van der Waals surface area contributed by atoms with Crippen molar-refractivity contribution in [1.82, 2.24) is 10.3 Å². The topological polar surface area (TPSA) is 44.9 Å². The van der Waals surface area contributed by atoms with E-state index >= 15 is 0 Å². The first kappa shape index (κ1) is 13.0. The second-order valence-corrected chi connectivity index (χ2v) is 5.39. The molecule has 1 aliphatic rings. The molecule has 0 aliphatic heterocycles. The molecule has 1 aromatic carbocycles. The SMILES string of the molecule is CC=CC(=O)NCc1ccc2[nH]c3c(c2c1)CCCC3. The van der Waals surface area contributed by atoms with Gasteiger partial charge in [0.1, 0.15) is 0 Å². The molecule has 3 nitrogen and oxygen atoms in total. The van der Waals surface area contributed by atoms with E-state index < -0.39 is 0 Å². The minimum Gasteiger partial charge on any atom is -0.358 e. The zero-order valence-electron chi connectivity index (χ0n) is 11.8. The Hall–Kier alpha value is -2.03. The predicted molar refractivity (Wildman–Crippen MR) is 81.6 cm³/mol. The van der Waals surface area contributed by atoms with E-state index in [9.17, 15) is 4.79 Å². The fraction of sp³-hybridized carbons (Fsp3) is 0.353. The summed E-state index contributed by atoms with van der Waals surface area (Å²) in [5.74, 6) is -0.0382. The zero-order valence-corrected chi connectivity index (χ0v) is 11.8. The minimum atomic E-state index is -0.0382. The lowest BCUT2D eigenvalue weighted by Gasteiger charge is -2.10. The first-order valence-corrected chi connectivity index (χ1v) is 7.31. The van der Waals surface area contributed by atoms with Crippen LogP contribution >= 0.6 is 0 Å². The van der Waals surface area contributed by atoms with E-state index in [1.165, 1.54) is 41.4 Å². The van der Waals surface area contributed by atoms with Crippen molar-refractivity contribution in [3.63, 3.8) is 0 Å². The van der Waals surface area contributed by atoms with Crippen LogP contribution in [0.25, 0.3) is 10.9 Å². The van der Waals surface area contributed by atoms with Gasteiger partial charge in [0.05, 0.1) is 0 Å². The summed E-state index contributed by atoms with van der Waals surface area (Å²) >= 11 is 0. The molecule has 104 valence electrons. The van der Waals surface area contributed by atoms with Crippen LogP contribution in [0.15, 0.2) is 30.4 Å². The molecule has 1 amide bonds. The van der Waals surface area contributed by atoms with Crippen LogP contribution in [0.2, 0.25) is 0 Å². The summed E-state index contributed by atoms with van der Waals surface area (Å²) < 4.78 is 0. The van der Waals surface area contributed by atoms with Gasteiger partial charge in [-0.05, 0) is 61.9 Å². The zero-order chi connectivity index (χ0) is 13.9. The van der Waals surface area contributed by atoms with Crippen molar-refractivity contribution in [2.75, 3.05) is 0 Å². The molecule has 20 heavy (non-hydrogen) atoms. The average Bonchev–Trinajstić information content (AvgIpc) is 2.83. The molecule has 0 saturated heterocycles. The molecule has 3 rings (SSSR count). The first-order valence-electron chi connectivity index (χ1n) is 7.31. The largest absolute Gasteiger partial charge is 0.358 e. The fourth-order valence-electron chi connectivity index (χ4n) is 2.96. The number of nitrogens with one attached hydrogen (secondary N) is 2. The number of carbonyl (C=O) groups is 1. The van der Waals surface area contributed by atoms with Crippen molar-refractivity contribution in [2.45, 2.75) is 39.2 Å². The van der Waals surface area contributed by atoms with Crippen LogP contribution < -0.4 is 5.32 Å². The number of H-pyrrole nitrogens is 1. The molecule has 0 bridgehead atoms. The quantitative estimate of drug-likeness (QED) is 0.825. The summed E-state index contributed by atoms with van der Waals surface area (Å²) in [6.07, 6.45) is 8.20. The summed E-state index contributed by atoms with van der Waals surface area (Å²) in [6.45, 7) is 2.43. The highest BCUT2D eigenvalue weighted by molar-refractivity contribution is 5.88. The minimum absolute atomic E-state index is 0.0382. The third kappa shape index (κ3) is 2.48. The molecule has 0 saturated carbocycles. The second-order valence-electron chi connectivity index (χ2n) is 5.39. The Kier molecular flexibility index (Phi) is 3.59. The smallest absolute Gasteiger partial charge is 0.243 e. The van der Waals surface area contributed by atoms with Gasteiger partial charge in [-0.3, -0.25) is 4.79 Å². The van der Waals surface area contributed by atoms with Crippen molar-refractivity contribution >= 4 is 16.8 Å². The van der Waals surface area contributed by atoms with E-state index in [0.29, 0.717) is 6.54 Å². The van der Waals surface area contributed by atoms with Crippen LogP contribution in [-0.2, 0) is 24.2 Å². The Morgan fingerprint density at radius 2 is 2.20 bits per heavy atom. The summed E-state index contributed by atoms with van der Waals surface area (Å²) in [7, 11) is 0. The van der Waals surface area contributed by atoms with Crippen molar-refractivity contribution in [2.24, 2.45) is 0 Å². The molecule has 0 fully saturated rings. The number of benzene rings is 1. The third-order valence-corrected chi connectivity index (χ3v) is 3.95. The number of aryl methyl sites for hydroxylation is 2. The number of rotatable bonds is 3. The molecule has 1 aliphatic carbocycles. The van der Waals surface area contributed by atoms with Gasteiger partial charge in [-0.15, -0.1) is 0 Å². The number of aromatic nitrogens is 1. The maximum Gasteiger partial charge on any atom is 0.243 e. The first-order chi connectivity index (χ1) is 9.78. The third-order valence-electron chi connectivity index (χ3n) is 3.95. The van der Waals surface area contributed by atoms with Gasteiger partial charge in [-0.25, -0.2) is 0 Å². The summed E-state index contributed by atoms with van der Waals surface area (Å²) in [4.78, 5) is 15.0. The van der Waals surface area contributed by atoms with Crippen molar-refractivity contribution in [3.8, 4) is 0 Å². The number of carbonyl (C=O) groups excluding carboxylic acids is 1. The molecule has 3 heteroatoms. The van der Waals surface area contributed by atoms with Crippen molar-refractivity contribution in [3.05, 3.63) is 47.2 Å². The molecule has 2 aromatic rings. The molecule has 0 spiro atoms. The van der Waals surface area contributed by atoms with Gasteiger partial charge in [0.15, 0.2) is 0 Å². The highest BCUT2D eigenvalue weighted by Crippen LogP contribution is 2.29. The molecular formula is C17H20N2O. The lowest BCUT2D eigenvalue weighted by atomic mass is 9.95. The Balaban J connectivity index is 1.84. The van der Waals surface area contributed by atoms with E-state index in [4.69, 9.17) is 0 Å². The van der Waals surface area contributed by atoms with Crippen LogP contribution in [-0.4, -0.2) is 10.9 Å². The average molecular weight is 268 g/mol. The molecule has 0 radical (unpaired) electrons. The number of hydrogen-bond donors (Lipinski definition) is 2. The standard InChI is InChI=1S/C17H20N2O/c1-2-5-17(20)18-11-12-8-9-16-14(10-12)13-6-3-4-7-15(13)19-16/h2,5,8-10,19H,3-4,6-7,11H2,1H3,(H,18,20). The van der Waals surface area contributed by atoms with Gasteiger partial charge in [-0.1, -0.05) is 12.1 Å². The van der Waals surface area contributed by atoms with Crippen LogP contribution in [0.1, 0.15) is 36.6 Å². The number of hydrogen-bond acceptors (Lipinski definition) is 1. The Bertz CT molecular complexity index is 667. The molecule has 0 atom stereocenters. The van der Waals surface area contributed by atoms with E-state index in [1.807, 2.05) is 6.92 Å². The highest BCUT2D eigenvalue weighted by Gasteiger charge is 2.15. The van der Waals surface area contributed by atoms with Gasteiger partial charge < -0.3 is 10.3 Å². The van der Waals surface area contributed by atoms with Crippen LogP contribution in [0.3, 0.4) is 0 Å². The predicted octanol–water partition coefficient (Wildman–Crippen LogP) is 3.24. The molecule has 1 aromatic heterocycles. The van der Waals surface area contributed by atoms with Gasteiger partial charge in [0.25, 0.3) is 0 Å². The Morgan fingerprint density at radius 1 is 1.35 bits per heavy atom. The normalized spacial score (nSPS) is 14.7. The van der Waals surface area contributed by atoms with E-state index in [1.54, 1.807) is 12.2 Å². The van der Waals surface area contributed by atoms with Gasteiger partial charge >= 0.3 is 0 Å². The Morgan fingerprint density at radius 3 is 3.05 bits per heavy atom. The van der Waals surface area contributed by atoms with Gasteiger partial charge in [-0.2, -0.15) is 0 Å². The van der Waals surface area contributed by atoms with E-state index in [2.05, 4.69) is 28.5 Å². The van der Waals surface area contributed by atoms with Crippen LogP contribution in [0, 0.1) is 0 Å². The van der Waals surface area contributed by atoms with E-state index in [0.717, 1.165) is 12.0 Å². The lowest BCUT2D eigenvalue weighted by Crippen LogP contribution is -2.20. The monoisotopic (exact) mass is 268 g/mol. The van der Waals surface area contributed by atoms with E-state index in [-0.39, 0.29) is 5.91 Å².